The Hall–Kier alpha value is -2.08. The number of nitrogens with zero attached hydrogens (tertiary/aromatic N) is 2. The van der Waals surface area contributed by atoms with Gasteiger partial charge in [-0.3, -0.25) is 9.59 Å². The van der Waals surface area contributed by atoms with Crippen LogP contribution in [0.3, 0.4) is 0 Å². The summed E-state index contributed by atoms with van der Waals surface area (Å²) in [4.78, 5) is 27.5. The fourth-order valence-electron chi connectivity index (χ4n) is 3.38. The number of hydrogen-bond acceptors (Lipinski definition) is 3. The number of carbonyl (C=O) groups is 2. The SMILES string of the molecule is CC(C)C1(C(=O)O)CCN(C(=O)c2cccn2Cc2cccs2)C1. The van der Waals surface area contributed by atoms with Crippen LogP contribution in [0.25, 0.3) is 0 Å². The van der Waals surface area contributed by atoms with Gasteiger partial charge in [0.1, 0.15) is 5.69 Å². The van der Waals surface area contributed by atoms with E-state index in [4.69, 9.17) is 0 Å². The van der Waals surface area contributed by atoms with Crippen molar-refractivity contribution in [2.75, 3.05) is 13.1 Å². The molecule has 1 unspecified atom stereocenters. The van der Waals surface area contributed by atoms with Gasteiger partial charge in [-0.15, -0.1) is 11.3 Å². The Kier molecular flexibility index (Phi) is 4.49. The number of amides is 1. The highest BCUT2D eigenvalue weighted by atomic mass is 32.1. The number of carbonyl (C=O) groups excluding carboxylic acids is 1. The standard InChI is InChI=1S/C18H22N2O3S/c1-13(2)18(17(22)23)7-9-20(12-18)16(21)15-6-3-8-19(15)11-14-5-4-10-24-14/h3-6,8,10,13H,7,9,11-12H2,1-2H3,(H,22,23). The molecule has 0 radical (unpaired) electrons. The molecule has 5 nitrogen and oxygen atoms in total. The first-order chi connectivity index (χ1) is 11.4. The number of thiophene rings is 1. The minimum Gasteiger partial charge on any atom is -0.481 e. The molecule has 0 aliphatic carbocycles. The molecule has 0 saturated carbocycles. The minimum atomic E-state index is -0.833. The molecule has 1 amide bonds. The van der Waals surface area contributed by atoms with Crippen LogP contribution in [0.2, 0.25) is 0 Å². The molecular formula is C18H22N2O3S. The number of hydrogen-bond donors (Lipinski definition) is 1. The fourth-order valence-corrected chi connectivity index (χ4v) is 4.08. The zero-order valence-electron chi connectivity index (χ0n) is 13.9. The van der Waals surface area contributed by atoms with Gasteiger partial charge in [0.05, 0.1) is 12.0 Å². The molecule has 1 saturated heterocycles. The van der Waals surface area contributed by atoms with Crippen LogP contribution < -0.4 is 0 Å². The molecule has 1 aliphatic heterocycles. The Balaban J connectivity index is 1.79. The van der Waals surface area contributed by atoms with Crippen LogP contribution in [0.5, 0.6) is 0 Å². The van der Waals surface area contributed by atoms with Crippen molar-refractivity contribution in [1.82, 2.24) is 9.47 Å². The molecule has 3 rings (SSSR count). The van der Waals surface area contributed by atoms with Gasteiger partial charge < -0.3 is 14.6 Å². The molecular weight excluding hydrogens is 324 g/mol. The van der Waals surface area contributed by atoms with E-state index in [0.29, 0.717) is 25.2 Å². The van der Waals surface area contributed by atoms with E-state index in [9.17, 15) is 14.7 Å². The van der Waals surface area contributed by atoms with E-state index in [-0.39, 0.29) is 18.4 Å². The van der Waals surface area contributed by atoms with Gasteiger partial charge in [-0.1, -0.05) is 19.9 Å². The maximum absolute atomic E-state index is 12.9. The molecule has 6 heteroatoms. The summed E-state index contributed by atoms with van der Waals surface area (Å²) >= 11 is 1.66. The van der Waals surface area contributed by atoms with Crippen LogP contribution in [0.4, 0.5) is 0 Å². The third kappa shape index (κ3) is 2.86. The minimum absolute atomic E-state index is 0.00861. The predicted molar refractivity (Wildman–Crippen MR) is 93.3 cm³/mol. The summed E-state index contributed by atoms with van der Waals surface area (Å²) in [5.74, 6) is -0.896. The first-order valence-electron chi connectivity index (χ1n) is 8.14. The van der Waals surface area contributed by atoms with E-state index in [0.717, 1.165) is 0 Å². The van der Waals surface area contributed by atoms with Gasteiger partial charge in [0, 0.05) is 24.2 Å². The summed E-state index contributed by atoms with van der Waals surface area (Å²) in [6.45, 7) is 5.27. The third-order valence-electron chi connectivity index (χ3n) is 5.07. The molecule has 128 valence electrons. The lowest BCUT2D eigenvalue weighted by atomic mass is 9.76. The maximum Gasteiger partial charge on any atom is 0.311 e. The van der Waals surface area contributed by atoms with Gasteiger partial charge in [-0.2, -0.15) is 0 Å². The Morgan fingerprint density at radius 3 is 2.71 bits per heavy atom. The van der Waals surface area contributed by atoms with E-state index in [1.54, 1.807) is 16.2 Å². The monoisotopic (exact) mass is 346 g/mol. The van der Waals surface area contributed by atoms with Crippen LogP contribution in [-0.2, 0) is 11.3 Å². The van der Waals surface area contributed by atoms with Crippen LogP contribution in [0.1, 0.15) is 35.6 Å². The first kappa shape index (κ1) is 16.8. The quantitative estimate of drug-likeness (QED) is 0.904. The molecule has 1 N–H and O–H groups in total. The molecule has 1 atom stereocenters. The largest absolute Gasteiger partial charge is 0.481 e. The second-order valence-corrected chi connectivity index (χ2v) is 7.73. The Bertz CT molecular complexity index is 735. The Morgan fingerprint density at radius 1 is 1.33 bits per heavy atom. The van der Waals surface area contributed by atoms with Crippen molar-refractivity contribution in [1.29, 1.82) is 0 Å². The van der Waals surface area contributed by atoms with Crippen LogP contribution in [0.15, 0.2) is 35.8 Å². The van der Waals surface area contributed by atoms with E-state index in [1.807, 2.05) is 54.3 Å². The predicted octanol–water partition coefficient (Wildman–Crippen LogP) is 3.17. The molecule has 0 aromatic carbocycles. The zero-order chi connectivity index (χ0) is 17.3. The van der Waals surface area contributed by atoms with Gasteiger partial charge in [0.15, 0.2) is 0 Å². The number of carboxylic acid groups (broad SMARTS) is 1. The smallest absolute Gasteiger partial charge is 0.311 e. The van der Waals surface area contributed by atoms with Gasteiger partial charge in [0.2, 0.25) is 0 Å². The topological polar surface area (TPSA) is 62.5 Å². The van der Waals surface area contributed by atoms with Crippen molar-refractivity contribution >= 4 is 23.2 Å². The van der Waals surface area contributed by atoms with E-state index < -0.39 is 11.4 Å². The lowest BCUT2D eigenvalue weighted by Gasteiger charge is -2.28. The van der Waals surface area contributed by atoms with Crippen LogP contribution >= 0.6 is 11.3 Å². The van der Waals surface area contributed by atoms with Gasteiger partial charge in [-0.25, -0.2) is 0 Å². The molecule has 24 heavy (non-hydrogen) atoms. The van der Waals surface area contributed by atoms with E-state index in [1.165, 1.54) is 4.88 Å². The number of aliphatic carboxylic acids is 1. The molecule has 2 aromatic heterocycles. The summed E-state index contributed by atoms with van der Waals surface area (Å²) < 4.78 is 1.93. The molecule has 0 spiro atoms. The average Bonchev–Trinajstić information content (AvgIpc) is 3.28. The lowest BCUT2D eigenvalue weighted by Crippen LogP contribution is -2.41. The maximum atomic E-state index is 12.9. The summed E-state index contributed by atoms with van der Waals surface area (Å²) in [5, 5.41) is 11.7. The second-order valence-electron chi connectivity index (χ2n) is 6.69. The molecule has 2 aromatic rings. The second kappa shape index (κ2) is 6.43. The number of likely N-dealkylation sites (tertiary alicyclic amines) is 1. The number of aromatic nitrogens is 1. The Morgan fingerprint density at radius 2 is 2.12 bits per heavy atom. The highest BCUT2D eigenvalue weighted by Crippen LogP contribution is 2.38. The van der Waals surface area contributed by atoms with Gasteiger partial charge in [-0.05, 0) is 35.9 Å². The summed E-state index contributed by atoms with van der Waals surface area (Å²) in [6.07, 6.45) is 2.41. The number of carboxylic acids is 1. The van der Waals surface area contributed by atoms with Crippen molar-refractivity contribution in [2.45, 2.75) is 26.8 Å². The average molecular weight is 346 g/mol. The summed E-state index contributed by atoms with van der Waals surface area (Å²) in [6, 6.07) is 7.72. The van der Waals surface area contributed by atoms with Gasteiger partial charge >= 0.3 is 5.97 Å². The number of rotatable bonds is 5. The van der Waals surface area contributed by atoms with Crippen molar-refractivity contribution in [3.63, 3.8) is 0 Å². The molecule has 1 fully saturated rings. The fraction of sp³-hybridized carbons (Fsp3) is 0.444. The normalized spacial score (nSPS) is 20.7. The Labute approximate surface area is 145 Å². The lowest BCUT2D eigenvalue weighted by molar-refractivity contribution is -0.150. The molecule has 1 aliphatic rings. The van der Waals surface area contributed by atoms with E-state index >= 15 is 0 Å². The van der Waals surface area contributed by atoms with Crippen molar-refractivity contribution in [3.8, 4) is 0 Å². The molecule has 0 bridgehead atoms. The highest BCUT2D eigenvalue weighted by molar-refractivity contribution is 7.09. The summed E-state index contributed by atoms with van der Waals surface area (Å²) in [7, 11) is 0. The van der Waals surface area contributed by atoms with Crippen molar-refractivity contribution in [3.05, 3.63) is 46.4 Å². The van der Waals surface area contributed by atoms with Crippen molar-refractivity contribution in [2.24, 2.45) is 11.3 Å². The molecule has 3 heterocycles. The first-order valence-corrected chi connectivity index (χ1v) is 9.02. The highest BCUT2D eigenvalue weighted by Gasteiger charge is 2.48. The summed E-state index contributed by atoms with van der Waals surface area (Å²) in [5.41, 5.74) is -0.214. The van der Waals surface area contributed by atoms with Crippen molar-refractivity contribution < 1.29 is 14.7 Å². The van der Waals surface area contributed by atoms with Crippen LogP contribution in [0, 0.1) is 11.3 Å². The third-order valence-corrected chi connectivity index (χ3v) is 5.94. The van der Waals surface area contributed by atoms with Gasteiger partial charge in [0.25, 0.3) is 5.91 Å². The van der Waals surface area contributed by atoms with Crippen LogP contribution in [-0.4, -0.2) is 39.5 Å². The zero-order valence-corrected chi connectivity index (χ0v) is 14.8. The van der Waals surface area contributed by atoms with E-state index in [2.05, 4.69) is 0 Å².